The van der Waals surface area contributed by atoms with Gasteiger partial charge in [-0.25, -0.2) is 4.98 Å². The number of thiazole rings is 1. The van der Waals surface area contributed by atoms with Crippen LogP contribution in [0.2, 0.25) is 5.15 Å². The van der Waals surface area contributed by atoms with Gasteiger partial charge in [-0.15, -0.1) is 11.6 Å². The van der Waals surface area contributed by atoms with Gasteiger partial charge in [0.1, 0.15) is 5.15 Å². The minimum absolute atomic E-state index is 0.458. The summed E-state index contributed by atoms with van der Waals surface area (Å²) in [5, 5.41) is 1.62. The van der Waals surface area contributed by atoms with E-state index in [9.17, 15) is 0 Å². The molecule has 1 atom stereocenters. The number of hydrogen-bond donors (Lipinski definition) is 0. The molecule has 0 saturated carbocycles. The Bertz CT molecular complexity index is 409. The van der Waals surface area contributed by atoms with Crippen LogP contribution in [0.1, 0.15) is 17.7 Å². The van der Waals surface area contributed by atoms with Crippen molar-refractivity contribution >= 4 is 39.7 Å². The van der Waals surface area contributed by atoms with Crippen LogP contribution in [0.25, 0.3) is 0 Å². The molecule has 0 bridgehead atoms. The van der Waals surface area contributed by atoms with Gasteiger partial charge in [0.15, 0.2) is 5.13 Å². The maximum atomic E-state index is 6.05. The Morgan fingerprint density at radius 3 is 3.00 bits per heavy atom. The van der Waals surface area contributed by atoms with Gasteiger partial charge < -0.3 is 4.90 Å². The molecular formula is C11H15Cl2N3S. The van der Waals surface area contributed by atoms with Gasteiger partial charge in [0.25, 0.3) is 0 Å². The van der Waals surface area contributed by atoms with Crippen molar-refractivity contribution in [3.8, 4) is 0 Å². The van der Waals surface area contributed by atoms with Gasteiger partial charge in [0, 0.05) is 25.7 Å². The summed E-state index contributed by atoms with van der Waals surface area (Å²) in [7, 11) is 0. The van der Waals surface area contributed by atoms with Crippen molar-refractivity contribution in [1.82, 2.24) is 9.88 Å². The highest BCUT2D eigenvalue weighted by atomic mass is 35.5. The second-order valence-corrected chi connectivity index (χ2v) is 6.31. The molecule has 0 aromatic carbocycles. The standard InChI is InChI=1S/C11H15Cl2N3S/c12-6-9-10(13)14-11(17-9)16-5-4-15-3-1-2-8(15)7-16/h8H,1-7H2. The fourth-order valence-corrected chi connectivity index (χ4v) is 4.21. The largest absolute Gasteiger partial charge is 0.345 e. The van der Waals surface area contributed by atoms with Gasteiger partial charge in [0.2, 0.25) is 0 Å². The van der Waals surface area contributed by atoms with E-state index in [0.29, 0.717) is 17.1 Å². The SMILES string of the molecule is ClCc1sc(N2CCN3CCCC3C2)nc1Cl. The highest BCUT2D eigenvalue weighted by Gasteiger charge is 2.31. The van der Waals surface area contributed by atoms with Crippen molar-refractivity contribution in [2.45, 2.75) is 24.8 Å². The van der Waals surface area contributed by atoms with Crippen molar-refractivity contribution in [2.75, 3.05) is 31.1 Å². The predicted molar refractivity (Wildman–Crippen MR) is 73.5 cm³/mol. The van der Waals surface area contributed by atoms with E-state index in [4.69, 9.17) is 23.2 Å². The molecule has 94 valence electrons. The van der Waals surface area contributed by atoms with Crippen LogP contribution in [0.3, 0.4) is 0 Å². The van der Waals surface area contributed by atoms with Crippen LogP contribution >= 0.6 is 34.5 Å². The number of nitrogens with zero attached hydrogens (tertiary/aromatic N) is 3. The normalized spacial score (nSPS) is 25.3. The van der Waals surface area contributed by atoms with Crippen molar-refractivity contribution in [3.05, 3.63) is 10.0 Å². The number of piperazine rings is 1. The number of fused-ring (bicyclic) bond motifs is 1. The van der Waals surface area contributed by atoms with E-state index in [2.05, 4.69) is 14.8 Å². The molecule has 3 rings (SSSR count). The lowest BCUT2D eigenvalue weighted by Crippen LogP contribution is -2.50. The number of hydrogen-bond acceptors (Lipinski definition) is 4. The van der Waals surface area contributed by atoms with Gasteiger partial charge in [0.05, 0.1) is 10.8 Å². The minimum atomic E-state index is 0.458. The summed E-state index contributed by atoms with van der Waals surface area (Å²) in [5.41, 5.74) is 0. The second-order valence-electron chi connectivity index (χ2n) is 4.62. The number of halogens is 2. The fraction of sp³-hybridized carbons (Fsp3) is 0.727. The molecule has 2 aliphatic rings. The zero-order chi connectivity index (χ0) is 11.8. The highest BCUT2D eigenvalue weighted by molar-refractivity contribution is 7.16. The molecular weight excluding hydrogens is 277 g/mol. The zero-order valence-electron chi connectivity index (χ0n) is 9.53. The lowest BCUT2D eigenvalue weighted by molar-refractivity contribution is 0.231. The number of anilines is 1. The molecule has 3 nitrogen and oxygen atoms in total. The molecule has 2 fully saturated rings. The van der Waals surface area contributed by atoms with E-state index in [1.165, 1.54) is 19.4 Å². The van der Waals surface area contributed by atoms with Crippen molar-refractivity contribution < 1.29 is 0 Å². The quantitative estimate of drug-likeness (QED) is 0.781. The Morgan fingerprint density at radius 1 is 1.35 bits per heavy atom. The summed E-state index contributed by atoms with van der Waals surface area (Å²) in [5.74, 6) is 0.458. The molecule has 1 unspecified atom stereocenters. The molecule has 2 aliphatic heterocycles. The monoisotopic (exact) mass is 291 g/mol. The van der Waals surface area contributed by atoms with Crippen LogP contribution in [-0.2, 0) is 5.88 Å². The average Bonchev–Trinajstić information content (AvgIpc) is 2.93. The number of aromatic nitrogens is 1. The maximum Gasteiger partial charge on any atom is 0.187 e. The fourth-order valence-electron chi connectivity index (χ4n) is 2.70. The third kappa shape index (κ3) is 2.28. The molecule has 0 aliphatic carbocycles. The van der Waals surface area contributed by atoms with Crippen LogP contribution in [0.5, 0.6) is 0 Å². The Hall–Kier alpha value is -0.0300. The molecule has 3 heterocycles. The first-order chi connectivity index (χ1) is 8.28. The maximum absolute atomic E-state index is 6.05. The second kappa shape index (κ2) is 4.92. The van der Waals surface area contributed by atoms with E-state index < -0.39 is 0 Å². The Labute approximate surface area is 115 Å². The number of rotatable bonds is 2. The minimum Gasteiger partial charge on any atom is -0.345 e. The zero-order valence-corrected chi connectivity index (χ0v) is 11.9. The Balaban J connectivity index is 1.75. The summed E-state index contributed by atoms with van der Waals surface area (Å²) in [6.45, 7) is 4.57. The lowest BCUT2D eigenvalue weighted by atomic mass is 10.2. The molecule has 0 amide bonds. The van der Waals surface area contributed by atoms with Gasteiger partial charge >= 0.3 is 0 Å². The van der Waals surface area contributed by atoms with Crippen LogP contribution in [0.4, 0.5) is 5.13 Å². The van der Waals surface area contributed by atoms with Gasteiger partial charge in [-0.05, 0) is 19.4 Å². The predicted octanol–water partition coefficient (Wildman–Crippen LogP) is 2.82. The molecule has 0 radical (unpaired) electrons. The summed E-state index contributed by atoms with van der Waals surface area (Å²) >= 11 is 13.5. The molecule has 1 aromatic rings. The average molecular weight is 292 g/mol. The number of alkyl halides is 1. The van der Waals surface area contributed by atoms with Crippen LogP contribution in [-0.4, -0.2) is 42.1 Å². The van der Waals surface area contributed by atoms with E-state index in [0.717, 1.165) is 29.6 Å². The van der Waals surface area contributed by atoms with E-state index in [1.807, 2.05) is 0 Å². The third-order valence-electron chi connectivity index (χ3n) is 3.62. The molecule has 0 spiro atoms. The Kier molecular flexibility index (Phi) is 3.48. The van der Waals surface area contributed by atoms with Crippen LogP contribution < -0.4 is 4.90 Å². The van der Waals surface area contributed by atoms with Gasteiger partial charge in [-0.2, -0.15) is 0 Å². The van der Waals surface area contributed by atoms with Crippen molar-refractivity contribution in [2.24, 2.45) is 0 Å². The molecule has 1 aromatic heterocycles. The lowest BCUT2D eigenvalue weighted by Gasteiger charge is -2.37. The summed E-state index contributed by atoms with van der Waals surface area (Å²) in [6, 6.07) is 0.714. The van der Waals surface area contributed by atoms with E-state index >= 15 is 0 Å². The van der Waals surface area contributed by atoms with Crippen LogP contribution in [0, 0.1) is 0 Å². The highest BCUT2D eigenvalue weighted by Crippen LogP contribution is 2.33. The molecule has 17 heavy (non-hydrogen) atoms. The van der Waals surface area contributed by atoms with E-state index in [-0.39, 0.29) is 0 Å². The van der Waals surface area contributed by atoms with Crippen LogP contribution in [0.15, 0.2) is 0 Å². The first-order valence-corrected chi connectivity index (χ1v) is 7.71. The van der Waals surface area contributed by atoms with E-state index in [1.54, 1.807) is 11.3 Å². The third-order valence-corrected chi connectivity index (χ3v) is 5.58. The summed E-state index contributed by atoms with van der Waals surface area (Å²) < 4.78 is 0. The summed E-state index contributed by atoms with van der Waals surface area (Å²) in [6.07, 6.45) is 2.65. The summed E-state index contributed by atoms with van der Waals surface area (Å²) in [4.78, 5) is 10.4. The molecule has 6 heteroatoms. The van der Waals surface area contributed by atoms with Crippen molar-refractivity contribution in [3.63, 3.8) is 0 Å². The smallest absolute Gasteiger partial charge is 0.187 e. The first-order valence-electron chi connectivity index (χ1n) is 5.98. The van der Waals surface area contributed by atoms with Crippen molar-refractivity contribution in [1.29, 1.82) is 0 Å². The first kappa shape index (κ1) is 12.0. The van der Waals surface area contributed by atoms with Gasteiger partial charge in [-0.1, -0.05) is 22.9 Å². The topological polar surface area (TPSA) is 19.4 Å². The Morgan fingerprint density at radius 2 is 2.24 bits per heavy atom. The molecule has 2 saturated heterocycles. The molecule has 0 N–H and O–H groups in total. The van der Waals surface area contributed by atoms with Gasteiger partial charge in [-0.3, -0.25) is 4.90 Å².